The van der Waals surface area contributed by atoms with E-state index in [1.54, 1.807) is 18.2 Å². The minimum absolute atomic E-state index is 0. The first-order valence-electron chi connectivity index (χ1n) is 6.34. The number of pyridine rings is 1. The Bertz CT molecular complexity index is 957. The van der Waals surface area contributed by atoms with Crippen molar-refractivity contribution in [3.8, 4) is 0 Å². The van der Waals surface area contributed by atoms with Gasteiger partial charge in [-0.25, -0.2) is 18.7 Å². The average molecular weight is 335 g/mol. The number of nitrogens with zero attached hydrogens (tertiary/aromatic N) is 3. The van der Waals surface area contributed by atoms with Crippen LogP contribution >= 0.6 is 0 Å². The van der Waals surface area contributed by atoms with Crippen LogP contribution in [0, 0.1) is 5.21 Å². The second-order valence-corrected chi connectivity index (χ2v) is 6.50. The number of rotatable bonds is 3. The molecule has 110 valence electrons. The third-order valence-electron chi connectivity index (χ3n) is 3.21. The summed E-state index contributed by atoms with van der Waals surface area (Å²) in [6.45, 7) is 0. The maximum atomic E-state index is 12.6. The predicted molar refractivity (Wildman–Crippen MR) is 81.5 cm³/mol. The number of sulfone groups is 1. The van der Waals surface area contributed by atoms with Crippen LogP contribution in [-0.2, 0) is 9.84 Å². The van der Waals surface area contributed by atoms with E-state index in [4.69, 9.17) is 0 Å². The summed E-state index contributed by atoms with van der Waals surface area (Å²) in [6.07, 6.45) is 1.16. The number of benzene rings is 2. The van der Waals surface area contributed by atoms with Crippen LogP contribution in [0.5, 0.6) is 0 Å². The first-order valence-corrected chi connectivity index (χ1v) is 7.83. The van der Waals surface area contributed by atoms with E-state index in [0.717, 1.165) is 17.0 Å². The molecule has 0 saturated heterocycles. The van der Waals surface area contributed by atoms with E-state index in [-0.39, 0.29) is 45.2 Å². The zero-order valence-electron chi connectivity index (χ0n) is 12.2. The normalized spacial score (nSPS) is 11.5. The van der Waals surface area contributed by atoms with Gasteiger partial charge in [0.15, 0.2) is 5.82 Å². The Hall–Kier alpha value is -1.80. The molecule has 0 aliphatic carbocycles. The number of fused-ring (bicyclic) bond motifs is 1. The Morgan fingerprint density at radius 3 is 2.26 bits per heavy atom. The predicted octanol–water partition coefficient (Wildman–Crippen LogP) is 0.653. The van der Waals surface area contributed by atoms with Crippen LogP contribution < -0.4 is 29.6 Å². The number of hydrogen-bond donors (Lipinski definition) is 0. The molecule has 0 aliphatic heterocycles. The zero-order chi connectivity index (χ0) is 15.6. The molecular weight excluding hydrogens is 325 g/mol. The maximum absolute atomic E-state index is 12.6. The van der Waals surface area contributed by atoms with Gasteiger partial charge in [0.25, 0.3) is 0 Å². The summed E-state index contributed by atoms with van der Waals surface area (Å²) in [5.41, 5.74) is 0. The molecule has 2 aromatic carbocycles. The van der Waals surface area contributed by atoms with E-state index in [1.807, 2.05) is 24.3 Å². The average Bonchev–Trinajstić information content (AvgIpc) is 2.55. The van der Waals surface area contributed by atoms with Gasteiger partial charge >= 0.3 is 29.6 Å². The smallest absolute Gasteiger partial charge is 0.775 e. The van der Waals surface area contributed by atoms with Gasteiger partial charge in [0, 0.05) is 6.20 Å². The Morgan fingerprint density at radius 2 is 1.61 bits per heavy atom. The SMILES string of the molecule is O=S(=O)(c1ccc(N=N[O-])nc1)c1ccc2ccccc2c1.[Na+]. The Labute approximate surface area is 155 Å². The van der Waals surface area contributed by atoms with E-state index in [2.05, 4.69) is 15.4 Å². The van der Waals surface area contributed by atoms with Crippen LogP contribution in [0.1, 0.15) is 0 Å². The minimum atomic E-state index is -3.68. The van der Waals surface area contributed by atoms with Crippen LogP contribution in [0.2, 0.25) is 0 Å². The molecular formula is C15H10N3NaO3S. The van der Waals surface area contributed by atoms with Gasteiger partial charge in [-0.1, -0.05) is 30.3 Å². The van der Waals surface area contributed by atoms with Gasteiger partial charge < -0.3 is 5.21 Å². The topological polar surface area (TPSA) is 94.8 Å². The first kappa shape index (κ1) is 17.6. The van der Waals surface area contributed by atoms with E-state index in [9.17, 15) is 13.6 Å². The van der Waals surface area contributed by atoms with E-state index in [1.165, 1.54) is 12.1 Å². The molecule has 0 atom stereocenters. The Balaban J connectivity index is 0.00000192. The molecule has 1 aromatic heterocycles. The fourth-order valence-electron chi connectivity index (χ4n) is 2.10. The standard InChI is InChI=1S/C15H11N3O3S.Na/c19-18-17-15-8-7-14(10-16-15)22(20,21)13-6-5-11-3-1-2-4-12(11)9-13;/h1-10H,(H,16,17,19);/q;+1/p-1. The molecule has 0 unspecified atom stereocenters. The molecule has 1 heterocycles. The van der Waals surface area contributed by atoms with Crippen molar-refractivity contribution in [2.24, 2.45) is 10.4 Å². The van der Waals surface area contributed by atoms with Gasteiger partial charge in [0.05, 0.1) is 9.79 Å². The molecule has 0 radical (unpaired) electrons. The summed E-state index contributed by atoms with van der Waals surface area (Å²) in [5.74, 6) is 0.0625. The van der Waals surface area contributed by atoms with Crippen molar-refractivity contribution in [2.45, 2.75) is 9.79 Å². The van der Waals surface area contributed by atoms with Gasteiger partial charge in [-0.15, -0.1) is 5.11 Å². The molecule has 0 bridgehead atoms. The summed E-state index contributed by atoms with van der Waals surface area (Å²) in [7, 11) is -3.68. The maximum Gasteiger partial charge on any atom is 1.00 e. The molecule has 3 aromatic rings. The van der Waals surface area contributed by atoms with Crippen molar-refractivity contribution < 1.29 is 38.0 Å². The van der Waals surface area contributed by atoms with Crippen molar-refractivity contribution in [3.05, 3.63) is 66.0 Å². The molecule has 3 rings (SSSR count). The third kappa shape index (κ3) is 3.59. The van der Waals surface area contributed by atoms with Crippen molar-refractivity contribution in [1.82, 2.24) is 4.98 Å². The molecule has 0 aliphatic rings. The largest absolute Gasteiger partial charge is 1.00 e. The molecule has 0 amide bonds. The van der Waals surface area contributed by atoms with Crippen LogP contribution in [0.15, 0.2) is 81.0 Å². The van der Waals surface area contributed by atoms with Gasteiger partial charge in [-0.2, -0.15) is 0 Å². The molecule has 0 fully saturated rings. The van der Waals surface area contributed by atoms with Crippen LogP contribution in [0.3, 0.4) is 0 Å². The van der Waals surface area contributed by atoms with E-state index in [0.29, 0.717) is 0 Å². The van der Waals surface area contributed by atoms with Crippen molar-refractivity contribution in [3.63, 3.8) is 0 Å². The summed E-state index contributed by atoms with van der Waals surface area (Å²) in [6, 6.07) is 15.1. The molecule has 0 spiro atoms. The van der Waals surface area contributed by atoms with E-state index < -0.39 is 9.84 Å². The molecule has 8 heteroatoms. The Morgan fingerprint density at radius 1 is 0.913 bits per heavy atom. The third-order valence-corrected chi connectivity index (χ3v) is 4.94. The molecule has 6 nitrogen and oxygen atoms in total. The second-order valence-electron chi connectivity index (χ2n) is 4.55. The quantitative estimate of drug-likeness (QED) is 0.399. The second kappa shape index (κ2) is 7.18. The fourth-order valence-corrected chi connectivity index (χ4v) is 3.34. The minimum Gasteiger partial charge on any atom is -0.775 e. The molecule has 0 saturated carbocycles. The van der Waals surface area contributed by atoms with Crippen molar-refractivity contribution in [1.29, 1.82) is 0 Å². The van der Waals surface area contributed by atoms with Gasteiger partial charge in [0.1, 0.15) is 0 Å². The monoisotopic (exact) mass is 335 g/mol. The first-order chi connectivity index (χ1) is 10.6. The van der Waals surface area contributed by atoms with Gasteiger partial charge in [-0.05, 0) is 35.0 Å². The van der Waals surface area contributed by atoms with Crippen molar-refractivity contribution >= 4 is 26.4 Å². The summed E-state index contributed by atoms with van der Waals surface area (Å²) in [5, 5.41) is 17.4. The Kier molecular flexibility index (Phi) is 5.48. The number of aromatic nitrogens is 1. The summed E-state index contributed by atoms with van der Waals surface area (Å²) in [4.78, 5) is 4.00. The summed E-state index contributed by atoms with van der Waals surface area (Å²) >= 11 is 0. The number of hydrogen-bond acceptors (Lipinski definition) is 6. The van der Waals surface area contributed by atoms with Crippen LogP contribution in [0.25, 0.3) is 10.8 Å². The zero-order valence-corrected chi connectivity index (χ0v) is 15.1. The van der Waals surface area contributed by atoms with Crippen LogP contribution in [0.4, 0.5) is 5.82 Å². The summed E-state index contributed by atoms with van der Waals surface area (Å²) < 4.78 is 25.2. The molecule has 23 heavy (non-hydrogen) atoms. The van der Waals surface area contributed by atoms with Crippen LogP contribution in [-0.4, -0.2) is 13.4 Å². The molecule has 0 N–H and O–H groups in total. The van der Waals surface area contributed by atoms with Crippen molar-refractivity contribution in [2.75, 3.05) is 0 Å². The fraction of sp³-hybridized carbons (Fsp3) is 0. The van der Waals surface area contributed by atoms with E-state index >= 15 is 0 Å². The van der Waals surface area contributed by atoms with Gasteiger partial charge in [0.2, 0.25) is 9.84 Å². The van der Waals surface area contributed by atoms with Gasteiger partial charge in [-0.3, -0.25) is 0 Å².